The Bertz CT molecular complexity index is 538. The first kappa shape index (κ1) is 12.6. The van der Waals surface area contributed by atoms with Gasteiger partial charge in [0.2, 0.25) is 0 Å². The fourth-order valence-electron chi connectivity index (χ4n) is 1.81. The number of hydrogen-bond donors (Lipinski definition) is 0. The van der Waals surface area contributed by atoms with Gasteiger partial charge in [-0.15, -0.1) is 16.9 Å². The van der Waals surface area contributed by atoms with Crippen LogP contribution >= 0.6 is 27.7 Å². The van der Waals surface area contributed by atoms with Crippen molar-refractivity contribution in [1.29, 1.82) is 0 Å². The van der Waals surface area contributed by atoms with E-state index < -0.39 is 0 Å². The van der Waals surface area contributed by atoms with E-state index in [4.69, 9.17) is 0 Å². The van der Waals surface area contributed by atoms with Gasteiger partial charge in [0.25, 0.3) is 0 Å². The molecule has 2 nitrogen and oxygen atoms in total. The van der Waals surface area contributed by atoms with Gasteiger partial charge in [0.05, 0.1) is 11.4 Å². The number of aromatic nitrogens is 2. The maximum absolute atomic E-state index is 4.31. The molecule has 0 saturated carbocycles. The summed E-state index contributed by atoms with van der Waals surface area (Å²) in [5, 5.41) is 8.53. The van der Waals surface area contributed by atoms with E-state index >= 15 is 0 Å². The lowest BCUT2D eigenvalue weighted by Gasteiger charge is -2.10. The van der Waals surface area contributed by atoms with Crippen molar-refractivity contribution < 1.29 is 0 Å². The summed E-state index contributed by atoms with van der Waals surface area (Å²) in [4.78, 5) is 1.22. The van der Waals surface area contributed by atoms with Gasteiger partial charge in [-0.1, -0.05) is 28.1 Å². The fourth-order valence-corrected chi connectivity index (χ4v) is 2.81. The number of aryl methyl sites for hydroxylation is 1. The second-order valence-corrected chi connectivity index (χ2v) is 5.53. The fraction of sp³-hybridized carbons (Fsp3) is 0.231. The van der Waals surface area contributed by atoms with Crippen molar-refractivity contribution in [2.24, 2.45) is 0 Å². The lowest BCUT2D eigenvalue weighted by Crippen LogP contribution is -1.98. The van der Waals surface area contributed by atoms with E-state index in [1.54, 1.807) is 11.8 Å². The Labute approximate surface area is 114 Å². The van der Waals surface area contributed by atoms with Crippen LogP contribution in [0.2, 0.25) is 0 Å². The van der Waals surface area contributed by atoms with E-state index in [2.05, 4.69) is 51.4 Å². The molecule has 17 heavy (non-hydrogen) atoms. The zero-order valence-corrected chi connectivity index (χ0v) is 12.4. The molecule has 0 amide bonds. The Morgan fingerprint density at radius 2 is 1.71 bits per heavy atom. The van der Waals surface area contributed by atoms with Crippen LogP contribution in [0.1, 0.15) is 11.3 Å². The molecule has 0 radical (unpaired) electrons. The average Bonchev–Trinajstić information content (AvgIpc) is 2.31. The minimum atomic E-state index is 0.965. The Hall–Kier alpha value is -0.870. The van der Waals surface area contributed by atoms with Gasteiger partial charge in [-0.2, -0.15) is 5.10 Å². The predicted molar refractivity (Wildman–Crippen MR) is 76.4 cm³/mol. The van der Waals surface area contributed by atoms with E-state index in [1.165, 1.54) is 10.5 Å². The largest absolute Gasteiger partial charge is 0.154 e. The smallest absolute Gasteiger partial charge is 0.0970 e. The topological polar surface area (TPSA) is 25.8 Å². The highest BCUT2D eigenvalue weighted by Crippen LogP contribution is 2.30. The molecule has 88 valence electrons. The molecule has 0 aliphatic heterocycles. The van der Waals surface area contributed by atoms with Crippen LogP contribution in [0, 0.1) is 13.8 Å². The summed E-state index contributed by atoms with van der Waals surface area (Å²) < 4.78 is 1.07. The lowest BCUT2D eigenvalue weighted by molar-refractivity contribution is 0.926. The van der Waals surface area contributed by atoms with Crippen LogP contribution in [-0.4, -0.2) is 16.5 Å². The van der Waals surface area contributed by atoms with Crippen molar-refractivity contribution >= 4 is 27.7 Å². The summed E-state index contributed by atoms with van der Waals surface area (Å²) in [5.41, 5.74) is 4.27. The highest BCUT2D eigenvalue weighted by atomic mass is 79.9. The lowest BCUT2D eigenvalue weighted by atomic mass is 10.1. The minimum absolute atomic E-state index is 0.965. The molecular formula is C13H13BrN2S. The van der Waals surface area contributed by atoms with Crippen molar-refractivity contribution in [3.05, 3.63) is 40.0 Å². The van der Waals surface area contributed by atoms with Gasteiger partial charge >= 0.3 is 0 Å². The molecule has 1 aromatic heterocycles. The van der Waals surface area contributed by atoms with Crippen LogP contribution < -0.4 is 0 Å². The van der Waals surface area contributed by atoms with Crippen LogP contribution in [0.5, 0.6) is 0 Å². The third-order valence-electron chi connectivity index (χ3n) is 2.65. The SMILES string of the molecule is CSc1c(C)nnc(-c2ccc(Br)cc2)c1C. The maximum atomic E-state index is 4.31. The van der Waals surface area contributed by atoms with Crippen LogP contribution in [-0.2, 0) is 0 Å². The van der Waals surface area contributed by atoms with Gasteiger partial charge in [-0.25, -0.2) is 0 Å². The number of nitrogens with zero attached hydrogens (tertiary/aromatic N) is 2. The molecule has 0 spiro atoms. The summed E-state index contributed by atoms with van der Waals surface area (Å²) >= 11 is 5.16. The summed E-state index contributed by atoms with van der Waals surface area (Å²) in [6, 6.07) is 8.16. The molecule has 0 aliphatic rings. The first-order chi connectivity index (χ1) is 8.13. The van der Waals surface area contributed by atoms with E-state index in [9.17, 15) is 0 Å². The zero-order valence-electron chi connectivity index (χ0n) is 9.99. The van der Waals surface area contributed by atoms with Crippen LogP contribution in [0.15, 0.2) is 33.6 Å². The monoisotopic (exact) mass is 308 g/mol. The van der Waals surface area contributed by atoms with Gasteiger partial charge in [-0.05, 0) is 37.8 Å². The van der Waals surface area contributed by atoms with E-state index in [1.807, 2.05) is 19.1 Å². The van der Waals surface area contributed by atoms with E-state index in [0.717, 1.165) is 21.4 Å². The minimum Gasteiger partial charge on any atom is -0.154 e. The molecule has 0 aliphatic carbocycles. The first-order valence-corrected chi connectivity index (χ1v) is 7.29. The number of rotatable bonds is 2. The highest BCUT2D eigenvalue weighted by Gasteiger charge is 2.11. The molecule has 0 bridgehead atoms. The second-order valence-electron chi connectivity index (χ2n) is 3.80. The first-order valence-electron chi connectivity index (χ1n) is 5.27. The maximum Gasteiger partial charge on any atom is 0.0970 e. The standard InChI is InChI=1S/C13H13BrN2S/c1-8-12(10-4-6-11(14)7-5-10)16-15-9(2)13(8)17-3/h4-7H,1-3H3. The van der Waals surface area contributed by atoms with Crippen LogP contribution in [0.4, 0.5) is 0 Å². The highest BCUT2D eigenvalue weighted by molar-refractivity contribution is 9.10. The average molecular weight is 309 g/mol. The summed E-state index contributed by atoms with van der Waals surface area (Å²) in [6.07, 6.45) is 2.07. The van der Waals surface area contributed by atoms with Gasteiger partial charge < -0.3 is 0 Å². The van der Waals surface area contributed by atoms with Gasteiger partial charge in [0.15, 0.2) is 0 Å². The van der Waals surface area contributed by atoms with Crippen molar-refractivity contribution in [3.63, 3.8) is 0 Å². The Balaban J connectivity index is 2.56. The Morgan fingerprint density at radius 1 is 1.06 bits per heavy atom. The quantitative estimate of drug-likeness (QED) is 0.776. The molecular weight excluding hydrogens is 296 g/mol. The van der Waals surface area contributed by atoms with Gasteiger partial charge in [0.1, 0.15) is 0 Å². The normalized spacial score (nSPS) is 10.6. The Kier molecular flexibility index (Phi) is 3.84. The molecule has 0 fully saturated rings. The molecule has 2 rings (SSSR count). The second kappa shape index (κ2) is 5.19. The number of hydrogen-bond acceptors (Lipinski definition) is 3. The van der Waals surface area contributed by atoms with Crippen molar-refractivity contribution in [2.45, 2.75) is 18.7 Å². The summed E-state index contributed by atoms with van der Waals surface area (Å²) in [5.74, 6) is 0. The number of thioether (sulfide) groups is 1. The summed E-state index contributed by atoms with van der Waals surface area (Å²) in [6.45, 7) is 4.10. The summed E-state index contributed by atoms with van der Waals surface area (Å²) in [7, 11) is 0. The van der Waals surface area contributed by atoms with E-state index in [0.29, 0.717) is 0 Å². The van der Waals surface area contributed by atoms with Gasteiger partial charge in [-0.3, -0.25) is 0 Å². The zero-order chi connectivity index (χ0) is 12.4. The van der Waals surface area contributed by atoms with Crippen LogP contribution in [0.25, 0.3) is 11.3 Å². The molecule has 0 atom stereocenters. The van der Waals surface area contributed by atoms with Gasteiger partial charge in [0, 0.05) is 14.9 Å². The Morgan fingerprint density at radius 3 is 2.29 bits per heavy atom. The molecule has 4 heteroatoms. The molecule has 0 unspecified atom stereocenters. The third-order valence-corrected chi connectivity index (χ3v) is 4.18. The molecule has 2 aromatic rings. The molecule has 1 heterocycles. The van der Waals surface area contributed by atoms with E-state index in [-0.39, 0.29) is 0 Å². The molecule has 0 N–H and O–H groups in total. The number of benzene rings is 1. The molecule has 0 saturated heterocycles. The van der Waals surface area contributed by atoms with Crippen LogP contribution in [0.3, 0.4) is 0 Å². The molecule has 1 aromatic carbocycles. The predicted octanol–water partition coefficient (Wildman–Crippen LogP) is 4.24. The van der Waals surface area contributed by atoms with Crippen molar-refractivity contribution in [3.8, 4) is 11.3 Å². The third kappa shape index (κ3) is 2.53. The van der Waals surface area contributed by atoms with Crippen molar-refractivity contribution in [1.82, 2.24) is 10.2 Å². The van der Waals surface area contributed by atoms with Crippen molar-refractivity contribution in [2.75, 3.05) is 6.26 Å². The number of halogens is 1.